The van der Waals surface area contributed by atoms with Gasteiger partial charge in [-0.3, -0.25) is 9.59 Å². The molecule has 1 radical (unpaired) electrons. The van der Waals surface area contributed by atoms with Gasteiger partial charge in [0.1, 0.15) is 0 Å². The van der Waals surface area contributed by atoms with Crippen LogP contribution in [-0.4, -0.2) is 12.2 Å². The van der Waals surface area contributed by atoms with E-state index in [0.29, 0.717) is 18.4 Å². The van der Waals surface area contributed by atoms with Crippen LogP contribution in [0.4, 0.5) is 18.9 Å². The molecule has 0 aliphatic heterocycles. The molecule has 0 fully saturated rings. The molecule has 0 spiro atoms. The number of amides is 1. The van der Waals surface area contributed by atoms with Crippen LogP contribution in [0.25, 0.3) is 0 Å². The molecule has 125 valence electrons. The first-order valence-electron chi connectivity index (χ1n) is 7.33. The van der Waals surface area contributed by atoms with E-state index < -0.39 is 17.6 Å². The molecule has 0 saturated heterocycles. The van der Waals surface area contributed by atoms with Gasteiger partial charge in [-0.05, 0) is 48.7 Å². The number of rotatable bonds is 6. The van der Waals surface area contributed by atoms with E-state index in [4.69, 9.17) is 0 Å². The second-order valence-corrected chi connectivity index (χ2v) is 5.18. The smallest absolute Gasteiger partial charge is 0.322 e. The first-order valence-corrected chi connectivity index (χ1v) is 7.33. The van der Waals surface area contributed by atoms with Gasteiger partial charge in [0.15, 0.2) is 6.29 Å². The molecular formula is C18H15F3NO2. The summed E-state index contributed by atoms with van der Waals surface area (Å²) in [5, 5.41) is 2.58. The number of unbranched alkanes of at least 4 members (excludes halogenated alkanes) is 1. The quantitative estimate of drug-likeness (QED) is 0.797. The first kappa shape index (κ1) is 17.7. The maximum Gasteiger partial charge on any atom is 0.416 e. The lowest BCUT2D eigenvalue weighted by Gasteiger charge is -2.11. The van der Waals surface area contributed by atoms with Gasteiger partial charge in [0, 0.05) is 17.7 Å². The summed E-state index contributed by atoms with van der Waals surface area (Å²) >= 11 is 0. The van der Waals surface area contributed by atoms with Crippen molar-refractivity contribution in [3.63, 3.8) is 0 Å². The van der Waals surface area contributed by atoms with Crippen LogP contribution in [0.1, 0.15) is 34.3 Å². The Morgan fingerprint density at radius 3 is 2.33 bits per heavy atom. The lowest BCUT2D eigenvalue weighted by molar-refractivity contribution is -0.137. The van der Waals surface area contributed by atoms with E-state index in [1.54, 1.807) is 30.6 Å². The Morgan fingerprint density at radius 2 is 1.71 bits per heavy atom. The third-order valence-corrected chi connectivity index (χ3v) is 3.46. The van der Waals surface area contributed by atoms with Crippen LogP contribution in [0.2, 0.25) is 0 Å². The van der Waals surface area contributed by atoms with E-state index >= 15 is 0 Å². The highest BCUT2D eigenvalue weighted by molar-refractivity contribution is 6.05. The Hall–Kier alpha value is -2.63. The van der Waals surface area contributed by atoms with E-state index in [1.165, 1.54) is 12.1 Å². The van der Waals surface area contributed by atoms with Crippen LogP contribution in [0, 0.1) is 0 Å². The van der Waals surface area contributed by atoms with Gasteiger partial charge in [-0.1, -0.05) is 18.2 Å². The van der Waals surface area contributed by atoms with Crippen molar-refractivity contribution in [2.45, 2.75) is 25.4 Å². The van der Waals surface area contributed by atoms with Crippen LogP contribution in [0.3, 0.4) is 0 Å². The zero-order valence-corrected chi connectivity index (χ0v) is 12.7. The largest absolute Gasteiger partial charge is 0.416 e. The Bertz CT molecular complexity index is 709. The number of nitrogens with one attached hydrogen (secondary N) is 1. The van der Waals surface area contributed by atoms with E-state index in [-0.39, 0.29) is 12.1 Å². The van der Waals surface area contributed by atoms with Crippen molar-refractivity contribution in [2.75, 3.05) is 5.32 Å². The van der Waals surface area contributed by atoms with Crippen molar-refractivity contribution in [3.05, 3.63) is 65.2 Å². The van der Waals surface area contributed by atoms with Gasteiger partial charge in [-0.25, -0.2) is 0 Å². The maximum atomic E-state index is 12.5. The fraction of sp³-hybridized carbons (Fsp3) is 0.222. The summed E-state index contributed by atoms with van der Waals surface area (Å²) in [5.41, 5.74) is 0.718. The third-order valence-electron chi connectivity index (χ3n) is 3.46. The minimum absolute atomic E-state index is 0.282. The summed E-state index contributed by atoms with van der Waals surface area (Å²) in [6, 6.07) is 11.2. The van der Waals surface area contributed by atoms with Crippen molar-refractivity contribution in [2.24, 2.45) is 0 Å². The fourth-order valence-electron chi connectivity index (χ4n) is 2.25. The summed E-state index contributed by atoms with van der Waals surface area (Å²) in [4.78, 5) is 22.6. The van der Waals surface area contributed by atoms with Crippen LogP contribution in [0.5, 0.6) is 0 Å². The molecule has 24 heavy (non-hydrogen) atoms. The molecule has 0 saturated carbocycles. The highest BCUT2D eigenvalue weighted by Gasteiger charge is 2.30. The van der Waals surface area contributed by atoms with Crippen LogP contribution in [-0.2, 0) is 17.4 Å². The average Bonchev–Trinajstić information content (AvgIpc) is 2.55. The maximum absolute atomic E-state index is 12.5. The molecule has 3 nitrogen and oxygen atoms in total. The third kappa shape index (κ3) is 4.68. The van der Waals surface area contributed by atoms with Gasteiger partial charge in [0.05, 0.1) is 5.56 Å². The van der Waals surface area contributed by atoms with Crippen molar-refractivity contribution < 1.29 is 22.8 Å². The molecule has 0 unspecified atom stereocenters. The molecular weight excluding hydrogens is 319 g/mol. The number of alkyl halides is 3. The average molecular weight is 334 g/mol. The highest BCUT2D eigenvalue weighted by Crippen LogP contribution is 2.29. The van der Waals surface area contributed by atoms with Crippen molar-refractivity contribution in [1.29, 1.82) is 0 Å². The van der Waals surface area contributed by atoms with Crippen molar-refractivity contribution in [3.8, 4) is 0 Å². The Kier molecular flexibility index (Phi) is 5.73. The summed E-state index contributed by atoms with van der Waals surface area (Å²) < 4.78 is 37.6. The molecule has 2 aromatic carbocycles. The minimum Gasteiger partial charge on any atom is -0.322 e. The Labute approximate surface area is 137 Å². The predicted molar refractivity (Wildman–Crippen MR) is 84.5 cm³/mol. The number of halogens is 3. The van der Waals surface area contributed by atoms with Gasteiger partial charge in [-0.2, -0.15) is 13.2 Å². The molecule has 6 heteroatoms. The molecule has 0 aliphatic carbocycles. The van der Waals surface area contributed by atoms with E-state index in [2.05, 4.69) is 5.32 Å². The topological polar surface area (TPSA) is 46.2 Å². The number of hydrogen-bond acceptors (Lipinski definition) is 2. The second-order valence-electron chi connectivity index (χ2n) is 5.18. The zero-order valence-electron chi connectivity index (χ0n) is 12.7. The van der Waals surface area contributed by atoms with Crippen molar-refractivity contribution in [1.82, 2.24) is 0 Å². The van der Waals surface area contributed by atoms with Crippen LogP contribution >= 0.6 is 0 Å². The highest BCUT2D eigenvalue weighted by atomic mass is 19.4. The van der Waals surface area contributed by atoms with Gasteiger partial charge < -0.3 is 5.32 Å². The number of carbonyl (C=O) groups is 1. The summed E-state index contributed by atoms with van der Waals surface area (Å²) in [5.74, 6) is -0.402. The minimum atomic E-state index is -4.41. The van der Waals surface area contributed by atoms with E-state index in [1.807, 2.05) is 0 Å². The van der Waals surface area contributed by atoms with Gasteiger partial charge >= 0.3 is 6.18 Å². The number of carbonyl (C=O) groups excluding carboxylic acids is 2. The Balaban J connectivity index is 2.11. The number of benzene rings is 2. The van der Waals surface area contributed by atoms with E-state index in [0.717, 1.165) is 17.7 Å². The molecule has 0 aromatic heterocycles. The predicted octanol–water partition coefficient (Wildman–Crippen LogP) is 4.39. The lowest BCUT2D eigenvalue weighted by Crippen LogP contribution is -2.14. The lowest BCUT2D eigenvalue weighted by atomic mass is 10.0. The molecule has 2 aromatic rings. The first-order chi connectivity index (χ1) is 11.4. The normalized spacial score (nSPS) is 11.1. The van der Waals surface area contributed by atoms with Crippen LogP contribution in [0.15, 0.2) is 48.5 Å². The number of anilines is 1. The zero-order chi connectivity index (χ0) is 17.6. The number of aryl methyl sites for hydroxylation is 1. The SMILES string of the molecule is O=[C]CCCc1ccccc1C(=O)Nc1ccc(C(F)(F)F)cc1. The van der Waals surface area contributed by atoms with Gasteiger partial charge in [0.2, 0.25) is 0 Å². The Morgan fingerprint density at radius 1 is 1.04 bits per heavy atom. The molecule has 0 atom stereocenters. The molecule has 2 rings (SSSR count). The summed E-state index contributed by atoms with van der Waals surface area (Å²) in [7, 11) is 0. The standard InChI is InChI=1S/C18H15F3NO2/c19-18(20,21)14-8-10-15(11-9-14)22-17(24)16-7-2-1-5-13(16)6-3-4-12-23/h1-2,5,7-11H,3-4,6H2,(H,22,24). The molecule has 0 heterocycles. The van der Waals surface area contributed by atoms with Crippen LogP contribution < -0.4 is 5.32 Å². The van der Waals surface area contributed by atoms with Crippen molar-refractivity contribution >= 4 is 17.9 Å². The second kappa shape index (κ2) is 7.77. The fourth-order valence-corrected chi connectivity index (χ4v) is 2.25. The molecule has 0 aliphatic rings. The monoisotopic (exact) mass is 334 g/mol. The van der Waals surface area contributed by atoms with Gasteiger partial charge in [-0.15, -0.1) is 0 Å². The number of hydrogen-bond donors (Lipinski definition) is 1. The van der Waals surface area contributed by atoms with Gasteiger partial charge in [0.25, 0.3) is 5.91 Å². The summed E-state index contributed by atoms with van der Waals surface area (Å²) in [6.07, 6.45) is -1.20. The van der Waals surface area contributed by atoms with E-state index in [9.17, 15) is 22.8 Å². The summed E-state index contributed by atoms with van der Waals surface area (Å²) in [6.45, 7) is 0. The molecule has 1 amide bonds. The molecule has 1 N–H and O–H groups in total. The molecule has 0 bridgehead atoms.